The van der Waals surface area contributed by atoms with E-state index in [0.717, 1.165) is 0 Å². The Morgan fingerprint density at radius 1 is 1.11 bits per heavy atom. The molecule has 2 aromatic heterocycles. The van der Waals surface area contributed by atoms with Crippen molar-refractivity contribution in [3.05, 3.63) is 87.6 Å². The van der Waals surface area contributed by atoms with Gasteiger partial charge in [0, 0.05) is 22.3 Å². The fourth-order valence-electron chi connectivity index (χ4n) is 4.02. The number of nitrogens with zero attached hydrogens (tertiary/aromatic N) is 5. The number of halogens is 1. The Bertz CT molecular complexity index is 1730. The summed E-state index contributed by atoms with van der Waals surface area (Å²) in [6, 6.07) is 11.9. The Hall–Kier alpha value is -5.37. The lowest BCUT2D eigenvalue weighted by Crippen LogP contribution is -2.33. The van der Waals surface area contributed by atoms with E-state index in [4.69, 9.17) is 16.3 Å². The minimum atomic E-state index is -0.976. The minimum Gasteiger partial charge on any atom is -0.460 e. The lowest BCUT2D eigenvalue weighted by molar-refractivity contribution is -0.155. The van der Waals surface area contributed by atoms with Gasteiger partial charge in [0.15, 0.2) is 0 Å². The van der Waals surface area contributed by atoms with Crippen LogP contribution in [0.5, 0.6) is 0 Å². The second-order valence-corrected chi connectivity index (χ2v) is 10.8. The van der Waals surface area contributed by atoms with E-state index in [9.17, 15) is 19.2 Å². The number of anilines is 1. The van der Waals surface area contributed by atoms with E-state index in [1.54, 1.807) is 63.2 Å². The quantitative estimate of drug-likeness (QED) is 0.183. The molecule has 0 radical (unpaired) electrons. The minimum absolute atomic E-state index is 0.209. The van der Waals surface area contributed by atoms with E-state index in [-0.39, 0.29) is 17.7 Å². The van der Waals surface area contributed by atoms with E-state index in [0.29, 0.717) is 27.5 Å². The van der Waals surface area contributed by atoms with E-state index < -0.39 is 35.2 Å². The molecule has 4 rings (SSSR count). The third-order valence-corrected chi connectivity index (χ3v) is 6.15. The maximum absolute atomic E-state index is 13.1. The first-order chi connectivity index (χ1) is 20.9. The molecule has 1 unspecified atom stereocenters. The lowest BCUT2D eigenvalue weighted by Gasteiger charge is -2.22. The Morgan fingerprint density at radius 2 is 1.86 bits per heavy atom. The summed E-state index contributed by atoms with van der Waals surface area (Å²) >= 11 is 6.18. The SMILES string of the molecule is COC(=O)Nc1ccc(-c2cc(C(CC(=O)OC(C)(C)C)NC(=O)C=Cc3cc(Cl)ccc3-n3cnnn3)n[nH]c2=O)cc1. The average molecular weight is 621 g/mol. The molecule has 0 aliphatic rings. The van der Waals surface area contributed by atoms with Crippen molar-refractivity contribution in [2.24, 2.45) is 0 Å². The molecule has 228 valence electrons. The Labute approximate surface area is 256 Å². The summed E-state index contributed by atoms with van der Waals surface area (Å²) in [5.41, 5.74) is 1.26. The van der Waals surface area contributed by atoms with Crippen molar-refractivity contribution in [1.29, 1.82) is 0 Å². The Kier molecular flexibility index (Phi) is 9.85. The molecular formula is C29H29ClN8O6. The maximum Gasteiger partial charge on any atom is 0.411 e. The smallest absolute Gasteiger partial charge is 0.411 e. The first-order valence-electron chi connectivity index (χ1n) is 13.2. The van der Waals surface area contributed by atoms with Crippen LogP contribution < -0.4 is 16.2 Å². The van der Waals surface area contributed by atoms with Crippen molar-refractivity contribution in [3.8, 4) is 16.8 Å². The third-order valence-electron chi connectivity index (χ3n) is 5.92. The molecule has 0 saturated carbocycles. The summed E-state index contributed by atoms with van der Waals surface area (Å²) in [5.74, 6) is -1.15. The summed E-state index contributed by atoms with van der Waals surface area (Å²) in [7, 11) is 1.25. The van der Waals surface area contributed by atoms with Crippen LogP contribution in [-0.2, 0) is 19.1 Å². The van der Waals surface area contributed by atoms with Crippen molar-refractivity contribution in [2.75, 3.05) is 12.4 Å². The number of carbonyl (C=O) groups is 3. The highest BCUT2D eigenvalue weighted by molar-refractivity contribution is 6.30. The van der Waals surface area contributed by atoms with Gasteiger partial charge in [0.25, 0.3) is 5.56 Å². The maximum atomic E-state index is 13.1. The highest BCUT2D eigenvalue weighted by Gasteiger charge is 2.25. The number of benzene rings is 2. The number of hydrogen-bond donors (Lipinski definition) is 3. The zero-order chi connectivity index (χ0) is 31.9. The molecule has 0 aliphatic heterocycles. The number of rotatable bonds is 9. The number of H-pyrrole nitrogens is 1. The molecule has 1 atom stereocenters. The summed E-state index contributed by atoms with van der Waals surface area (Å²) in [4.78, 5) is 50.2. The number of hydrogen-bond acceptors (Lipinski definition) is 10. The van der Waals surface area contributed by atoms with Crippen LogP contribution in [0, 0.1) is 0 Å². The molecule has 2 aromatic carbocycles. The van der Waals surface area contributed by atoms with Crippen molar-refractivity contribution in [1.82, 2.24) is 35.7 Å². The van der Waals surface area contributed by atoms with Gasteiger partial charge >= 0.3 is 12.1 Å². The number of tetrazole rings is 1. The van der Waals surface area contributed by atoms with Gasteiger partial charge in [-0.3, -0.25) is 19.7 Å². The molecule has 2 heterocycles. The monoisotopic (exact) mass is 620 g/mol. The van der Waals surface area contributed by atoms with Crippen molar-refractivity contribution in [2.45, 2.75) is 38.8 Å². The van der Waals surface area contributed by atoms with Gasteiger partial charge in [-0.1, -0.05) is 23.7 Å². The molecule has 44 heavy (non-hydrogen) atoms. The second kappa shape index (κ2) is 13.7. The van der Waals surface area contributed by atoms with Crippen LogP contribution in [0.4, 0.5) is 10.5 Å². The number of esters is 1. The third kappa shape index (κ3) is 8.58. The number of nitrogens with one attached hydrogen (secondary N) is 3. The summed E-state index contributed by atoms with van der Waals surface area (Å²) in [6.07, 6.45) is 3.28. The molecule has 4 aromatic rings. The van der Waals surface area contributed by atoms with Crippen LogP contribution in [0.2, 0.25) is 5.02 Å². The molecule has 3 N–H and O–H groups in total. The van der Waals surface area contributed by atoms with Gasteiger partial charge in [0.1, 0.15) is 11.9 Å². The van der Waals surface area contributed by atoms with Crippen LogP contribution in [0.1, 0.15) is 44.5 Å². The standard InChI is InChI=1S/C29H29ClN8O6/c1-29(2,3)44-26(40)15-22(33-25(39)12-7-18-13-19(30)8-11-24(18)38-16-31-36-37-38)23-14-21(27(41)35-34-23)17-5-9-20(10-6-17)32-28(42)43-4/h5-14,16,22H,15H2,1-4H3,(H,32,42)(H,33,39)(H,35,41). The largest absolute Gasteiger partial charge is 0.460 e. The van der Waals surface area contributed by atoms with E-state index in [1.807, 2.05) is 0 Å². The van der Waals surface area contributed by atoms with Crippen LogP contribution in [0.25, 0.3) is 22.9 Å². The Morgan fingerprint density at radius 3 is 2.52 bits per heavy atom. The zero-order valence-corrected chi connectivity index (χ0v) is 25.0. The summed E-state index contributed by atoms with van der Waals surface area (Å²) in [6.45, 7) is 5.18. The number of methoxy groups -OCH3 is 1. The molecule has 15 heteroatoms. The summed E-state index contributed by atoms with van der Waals surface area (Å²) in [5, 5.41) is 23.4. The van der Waals surface area contributed by atoms with Crippen LogP contribution in [0.15, 0.2) is 65.7 Å². The molecular weight excluding hydrogens is 592 g/mol. The molecule has 2 amide bonds. The normalized spacial score (nSPS) is 12.0. The van der Waals surface area contributed by atoms with Gasteiger partial charge in [-0.05, 0) is 79.2 Å². The van der Waals surface area contributed by atoms with Crippen LogP contribution in [0.3, 0.4) is 0 Å². The second-order valence-electron chi connectivity index (χ2n) is 10.4. The van der Waals surface area contributed by atoms with E-state index >= 15 is 0 Å². The molecule has 0 bridgehead atoms. The average Bonchev–Trinajstić information content (AvgIpc) is 3.50. The lowest BCUT2D eigenvalue weighted by atomic mass is 10.0. The predicted molar refractivity (Wildman–Crippen MR) is 161 cm³/mol. The van der Waals surface area contributed by atoms with E-state index in [2.05, 4.69) is 41.1 Å². The summed E-state index contributed by atoms with van der Waals surface area (Å²) < 4.78 is 11.5. The fraction of sp³-hybridized carbons (Fsp3) is 0.241. The molecule has 0 aliphatic carbocycles. The Balaban J connectivity index is 1.62. The van der Waals surface area contributed by atoms with Gasteiger partial charge in [-0.2, -0.15) is 9.78 Å². The van der Waals surface area contributed by atoms with Crippen molar-refractivity contribution in [3.63, 3.8) is 0 Å². The van der Waals surface area contributed by atoms with Gasteiger partial charge in [0.05, 0.1) is 36.5 Å². The molecule has 0 spiro atoms. The van der Waals surface area contributed by atoms with Crippen molar-refractivity contribution < 1.29 is 23.9 Å². The number of amides is 2. The number of carbonyl (C=O) groups excluding carboxylic acids is 3. The van der Waals surface area contributed by atoms with Crippen molar-refractivity contribution >= 4 is 41.3 Å². The highest BCUT2D eigenvalue weighted by atomic mass is 35.5. The van der Waals surface area contributed by atoms with Gasteiger partial charge in [-0.25, -0.2) is 9.89 Å². The molecule has 0 fully saturated rings. The molecule has 0 saturated heterocycles. The van der Waals surface area contributed by atoms with Crippen LogP contribution in [-0.4, -0.2) is 61.1 Å². The first kappa shape index (κ1) is 31.6. The number of aromatic nitrogens is 6. The first-order valence-corrected chi connectivity index (χ1v) is 13.6. The predicted octanol–water partition coefficient (Wildman–Crippen LogP) is 3.85. The number of ether oxygens (including phenoxy) is 2. The van der Waals surface area contributed by atoms with Gasteiger partial charge in [0.2, 0.25) is 5.91 Å². The van der Waals surface area contributed by atoms with E-state index in [1.165, 1.54) is 36.3 Å². The van der Waals surface area contributed by atoms with Gasteiger partial charge < -0.3 is 14.8 Å². The number of aromatic amines is 1. The molecule has 14 nitrogen and oxygen atoms in total. The van der Waals surface area contributed by atoms with Gasteiger partial charge in [-0.15, -0.1) is 5.10 Å². The highest BCUT2D eigenvalue weighted by Crippen LogP contribution is 2.24. The topological polar surface area (TPSA) is 183 Å². The fourth-order valence-corrected chi connectivity index (χ4v) is 4.20. The zero-order valence-electron chi connectivity index (χ0n) is 24.2. The van der Waals surface area contributed by atoms with Crippen LogP contribution >= 0.6 is 11.6 Å².